The Morgan fingerprint density at radius 3 is 2.02 bits per heavy atom. The van der Waals surface area contributed by atoms with Gasteiger partial charge in [0.1, 0.15) is 0 Å². The average molecular weight is 552 g/mol. The Hall–Kier alpha value is -4.43. The van der Waals surface area contributed by atoms with Gasteiger partial charge in [0.15, 0.2) is 0 Å². The first-order valence-electron chi connectivity index (χ1n) is 14.2. The summed E-state index contributed by atoms with van der Waals surface area (Å²) >= 11 is 0. The second kappa shape index (κ2) is 12.4. The van der Waals surface area contributed by atoms with Crippen molar-refractivity contribution >= 4 is 22.7 Å². The number of amides is 3. The molecule has 1 saturated heterocycles. The van der Waals surface area contributed by atoms with Gasteiger partial charge in [0.05, 0.1) is 17.3 Å². The molecule has 0 spiro atoms. The van der Waals surface area contributed by atoms with Crippen LogP contribution in [-0.4, -0.2) is 59.5 Å². The molecule has 1 aromatic heterocycles. The number of nitrogens with zero attached hydrogens (tertiary/aromatic N) is 3. The lowest BCUT2D eigenvalue weighted by Crippen LogP contribution is -2.52. The summed E-state index contributed by atoms with van der Waals surface area (Å²) in [5, 5.41) is 7.11. The van der Waals surface area contributed by atoms with Crippen LogP contribution in [0.2, 0.25) is 0 Å². The summed E-state index contributed by atoms with van der Waals surface area (Å²) in [5.74, 6) is -0.215. The van der Waals surface area contributed by atoms with Gasteiger partial charge >= 0.3 is 6.03 Å². The van der Waals surface area contributed by atoms with Crippen molar-refractivity contribution in [1.29, 1.82) is 0 Å². The Balaban J connectivity index is 1.67. The highest BCUT2D eigenvalue weighted by atomic mass is 16.2. The molecule has 2 N–H and O–H groups in total. The van der Waals surface area contributed by atoms with Gasteiger partial charge in [-0.05, 0) is 37.1 Å². The number of piperazine rings is 1. The molecule has 1 aliphatic heterocycles. The van der Waals surface area contributed by atoms with Crippen molar-refractivity contribution < 1.29 is 9.59 Å². The molecule has 2 heterocycles. The molecule has 8 heteroatoms. The molecule has 4 aromatic rings. The van der Waals surface area contributed by atoms with Crippen molar-refractivity contribution in [3.8, 4) is 5.69 Å². The Labute approximate surface area is 240 Å². The van der Waals surface area contributed by atoms with Gasteiger partial charge in [-0.1, -0.05) is 73.7 Å². The van der Waals surface area contributed by atoms with Crippen LogP contribution in [0, 0.1) is 0 Å². The highest BCUT2D eigenvalue weighted by Crippen LogP contribution is 2.31. The van der Waals surface area contributed by atoms with E-state index in [9.17, 15) is 14.4 Å². The number of nitrogens with one attached hydrogen (secondary N) is 2. The number of rotatable bonds is 7. The normalized spacial score (nSPS) is 15.3. The number of pyridine rings is 1. The summed E-state index contributed by atoms with van der Waals surface area (Å²) in [6.45, 7) is 6.45. The van der Waals surface area contributed by atoms with Gasteiger partial charge in [-0.3, -0.25) is 19.1 Å². The van der Waals surface area contributed by atoms with E-state index in [0.29, 0.717) is 53.9 Å². The van der Waals surface area contributed by atoms with E-state index in [2.05, 4.69) is 22.5 Å². The predicted molar refractivity (Wildman–Crippen MR) is 163 cm³/mol. The molecule has 8 nitrogen and oxygen atoms in total. The summed E-state index contributed by atoms with van der Waals surface area (Å²) in [6, 6.07) is 26.3. The maximum Gasteiger partial charge on any atom is 0.317 e. The standard InChI is InChI=1S/C33H37N5O3/c1-4-28(24-13-7-5-8-14-24)35-31(39)29-26-17-11-12-18-27(26)32(40)38(25-15-9-6-10-16-25)30(29)23(2)36-19-21-37(22-20-36)33(41)34-3/h5-18,23,28H,4,19-22H2,1-3H3,(H,34,41)(H,35,39)/t23-,28?/m0/s1. The fraction of sp³-hybridized carbons (Fsp3) is 0.303. The summed E-state index contributed by atoms with van der Waals surface area (Å²) < 4.78 is 1.70. The number of hydrogen-bond acceptors (Lipinski definition) is 4. The molecule has 3 amide bonds. The number of fused-ring (bicyclic) bond motifs is 1. The van der Waals surface area contributed by atoms with E-state index >= 15 is 0 Å². The predicted octanol–water partition coefficient (Wildman–Crippen LogP) is 4.89. The summed E-state index contributed by atoms with van der Waals surface area (Å²) in [7, 11) is 1.63. The molecule has 212 valence electrons. The Morgan fingerprint density at radius 2 is 1.41 bits per heavy atom. The molecule has 2 atom stereocenters. The lowest BCUT2D eigenvalue weighted by atomic mass is 9.96. The molecule has 0 aliphatic carbocycles. The second-order valence-corrected chi connectivity index (χ2v) is 10.4. The van der Waals surface area contributed by atoms with Crippen molar-refractivity contribution in [1.82, 2.24) is 25.0 Å². The van der Waals surface area contributed by atoms with E-state index in [4.69, 9.17) is 0 Å². The highest BCUT2D eigenvalue weighted by Gasteiger charge is 2.32. The largest absolute Gasteiger partial charge is 0.345 e. The molecule has 1 unspecified atom stereocenters. The maximum atomic E-state index is 14.4. The molecular formula is C33H37N5O3. The lowest BCUT2D eigenvalue weighted by Gasteiger charge is -2.39. The topological polar surface area (TPSA) is 86.7 Å². The lowest BCUT2D eigenvalue weighted by molar-refractivity contribution is 0.0925. The zero-order valence-corrected chi connectivity index (χ0v) is 23.8. The van der Waals surface area contributed by atoms with Crippen LogP contribution in [0.4, 0.5) is 4.79 Å². The van der Waals surface area contributed by atoms with Gasteiger partial charge in [0.25, 0.3) is 11.5 Å². The van der Waals surface area contributed by atoms with Gasteiger partial charge in [0, 0.05) is 55.7 Å². The van der Waals surface area contributed by atoms with Crippen LogP contribution in [0.25, 0.3) is 16.5 Å². The molecule has 0 saturated carbocycles. The molecule has 1 fully saturated rings. The number of carbonyl (C=O) groups excluding carboxylic acids is 2. The first-order chi connectivity index (χ1) is 19.9. The van der Waals surface area contributed by atoms with E-state index in [1.165, 1.54) is 0 Å². The minimum atomic E-state index is -0.281. The fourth-order valence-electron chi connectivity index (χ4n) is 5.82. The van der Waals surface area contributed by atoms with Crippen molar-refractivity contribution in [3.05, 3.63) is 112 Å². The van der Waals surface area contributed by atoms with E-state index in [-0.39, 0.29) is 29.6 Å². The van der Waals surface area contributed by atoms with Crippen molar-refractivity contribution in [2.75, 3.05) is 33.2 Å². The molecule has 1 aliphatic rings. The van der Waals surface area contributed by atoms with Gasteiger partial charge < -0.3 is 15.5 Å². The zero-order chi connectivity index (χ0) is 28.9. The van der Waals surface area contributed by atoms with Gasteiger partial charge in [-0.25, -0.2) is 4.79 Å². The van der Waals surface area contributed by atoms with Crippen LogP contribution in [0.1, 0.15) is 54.0 Å². The van der Waals surface area contributed by atoms with Crippen LogP contribution in [0.15, 0.2) is 89.7 Å². The van der Waals surface area contributed by atoms with E-state index in [0.717, 1.165) is 12.0 Å². The monoisotopic (exact) mass is 551 g/mol. The van der Waals surface area contributed by atoms with Crippen LogP contribution in [0.5, 0.6) is 0 Å². The Morgan fingerprint density at radius 1 is 0.829 bits per heavy atom. The average Bonchev–Trinajstić information content (AvgIpc) is 3.03. The third-order valence-corrected chi connectivity index (χ3v) is 8.04. The number of para-hydroxylation sites is 1. The number of urea groups is 1. The van der Waals surface area contributed by atoms with Gasteiger partial charge in [-0.2, -0.15) is 0 Å². The van der Waals surface area contributed by atoms with E-state index in [1.807, 2.05) is 85.8 Å². The molecule has 0 bridgehead atoms. The molecule has 41 heavy (non-hydrogen) atoms. The van der Waals surface area contributed by atoms with Crippen molar-refractivity contribution in [2.45, 2.75) is 32.4 Å². The quantitative estimate of drug-likeness (QED) is 0.343. The molecular weight excluding hydrogens is 514 g/mol. The minimum absolute atomic E-state index is 0.101. The third-order valence-electron chi connectivity index (χ3n) is 8.04. The van der Waals surface area contributed by atoms with Gasteiger partial charge in [-0.15, -0.1) is 0 Å². The summed E-state index contributed by atoms with van der Waals surface area (Å²) in [6.07, 6.45) is 0.721. The number of hydrogen-bond donors (Lipinski definition) is 2. The van der Waals surface area contributed by atoms with E-state index in [1.54, 1.807) is 22.6 Å². The Kier molecular flexibility index (Phi) is 8.50. The molecule has 5 rings (SSSR count). The van der Waals surface area contributed by atoms with Crippen LogP contribution >= 0.6 is 0 Å². The third kappa shape index (κ3) is 5.60. The van der Waals surface area contributed by atoms with E-state index < -0.39 is 0 Å². The number of benzene rings is 3. The summed E-state index contributed by atoms with van der Waals surface area (Å²) in [4.78, 5) is 44.8. The molecule has 0 radical (unpaired) electrons. The summed E-state index contributed by atoms with van der Waals surface area (Å²) in [5.41, 5.74) is 2.72. The SMILES string of the molecule is CCC(NC(=O)c1c([C@H](C)N2CCN(C(=O)NC)CC2)n(-c2ccccc2)c(=O)c2ccccc12)c1ccccc1. The minimum Gasteiger partial charge on any atom is -0.345 e. The smallest absolute Gasteiger partial charge is 0.317 e. The number of carbonyl (C=O) groups is 2. The number of aromatic nitrogens is 1. The Bertz CT molecular complexity index is 1580. The first kappa shape index (κ1) is 28.1. The van der Waals surface area contributed by atoms with Gasteiger partial charge in [0.2, 0.25) is 0 Å². The van der Waals surface area contributed by atoms with Crippen molar-refractivity contribution in [2.24, 2.45) is 0 Å². The second-order valence-electron chi connectivity index (χ2n) is 10.4. The van der Waals surface area contributed by atoms with Crippen LogP contribution in [0.3, 0.4) is 0 Å². The first-order valence-corrected chi connectivity index (χ1v) is 14.2. The van der Waals surface area contributed by atoms with Crippen LogP contribution in [-0.2, 0) is 0 Å². The van der Waals surface area contributed by atoms with Crippen LogP contribution < -0.4 is 16.2 Å². The molecule has 3 aromatic carbocycles. The zero-order valence-electron chi connectivity index (χ0n) is 23.8. The highest BCUT2D eigenvalue weighted by molar-refractivity contribution is 6.08. The maximum absolute atomic E-state index is 14.4. The van der Waals surface area contributed by atoms with Crippen molar-refractivity contribution in [3.63, 3.8) is 0 Å². The fourth-order valence-corrected chi connectivity index (χ4v) is 5.82.